The maximum absolute atomic E-state index is 12.6. The van der Waals surface area contributed by atoms with E-state index in [9.17, 15) is 4.79 Å². The number of guanidine groups is 1. The molecule has 0 aromatic heterocycles. The highest BCUT2D eigenvalue weighted by Crippen LogP contribution is 2.28. The van der Waals surface area contributed by atoms with Crippen molar-refractivity contribution in [3.05, 3.63) is 29.8 Å². The molecule has 1 heterocycles. The summed E-state index contributed by atoms with van der Waals surface area (Å²) in [5, 5.41) is 6.92. The van der Waals surface area contributed by atoms with E-state index in [1.165, 1.54) is 44.1 Å². The standard InChI is InChI=1S/C25H38N4O2/c1-26-25(28-21-15-17-29(18-21)24(30)20-6-2-3-7-20)27-16-14-19-10-12-23(13-11-19)31-22-8-4-5-9-22/h10-13,20-22H,2-9,14-18H2,1H3,(H2,26,27,28). The summed E-state index contributed by atoms with van der Waals surface area (Å²) in [4.78, 5) is 19.1. The van der Waals surface area contributed by atoms with Crippen LogP contribution in [0.4, 0.5) is 0 Å². The summed E-state index contributed by atoms with van der Waals surface area (Å²) in [5.74, 6) is 2.44. The first kappa shape index (κ1) is 22.0. The molecule has 0 spiro atoms. The van der Waals surface area contributed by atoms with Crippen LogP contribution in [0.5, 0.6) is 5.75 Å². The lowest BCUT2D eigenvalue weighted by Crippen LogP contribution is -2.45. The number of nitrogens with one attached hydrogen (secondary N) is 2. The predicted octanol–water partition coefficient (Wildman–Crippen LogP) is 3.51. The van der Waals surface area contributed by atoms with Crippen molar-refractivity contribution in [3.63, 3.8) is 0 Å². The lowest BCUT2D eigenvalue weighted by atomic mass is 10.1. The van der Waals surface area contributed by atoms with E-state index in [1.54, 1.807) is 7.05 Å². The molecule has 4 rings (SSSR count). The lowest BCUT2D eigenvalue weighted by molar-refractivity contribution is -0.134. The number of nitrogens with zero attached hydrogens (tertiary/aromatic N) is 2. The molecule has 2 aliphatic carbocycles. The summed E-state index contributed by atoms with van der Waals surface area (Å²) in [6.45, 7) is 2.47. The first-order chi connectivity index (χ1) is 15.2. The Kier molecular flexibility index (Phi) is 7.71. The Morgan fingerprint density at radius 2 is 1.77 bits per heavy atom. The van der Waals surface area contributed by atoms with Crippen molar-refractivity contribution in [2.24, 2.45) is 10.9 Å². The number of benzene rings is 1. The van der Waals surface area contributed by atoms with Crippen LogP contribution in [-0.4, -0.2) is 55.6 Å². The van der Waals surface area contributed by atoms with Gasteiger partial charge >= 0.3 is 0 Å². The third kappa shape index (κ3) is 6.14. The molecule has 1 aromatic rings. The van der Waals surface area contributed by atoms with Gasteiger partial charge in [0.2, 0.25) is 5.91 Å². The van der Waals surface area contributed by atoms with E-state index in [0.29, 0.717) is 12.0 Å². The second-order valence-electron chi connectivity index (χ2n) is 9.31. The average Bonchev–Trinajstić information content (AvgIpc) is 3.56. The fourth-order valence-electron chi connectivity index (χ4n) is 5.16. The molecule has 1 atom stereocenters. The van der Waals surface area contributed by atoms with Crippen molar-refractivity contribution >= 4 is 11.9 Å². The van der Waals surface area contributed by atoms with Gasteiger partial charge in [0.15, 0.2) is 5.96 Å². The summed E-state index contributed by atoms with van der Waals surface area (Å²) < 4.78 is 6.05. The maximum atomic E-state index is 12.6. The molecule has 31 heavy (non-hydrogen) atoms. The van der Waals surface area contributed by atoms with Gasteiger partial charge < -0.3 is 20.3 Å². The molecule has 1 unspecified atom stereocenters. The molecule has 0 bridgehead atoms. The van der Waals surface area contributed by atoms with Crippen LogP contribution in [0.15, 0.2) is 29.3 Å². The van der Waals surface area contributed by atoms with E-state index in [-0.39, 0.29) is 12.0 Å². The van der Waals surface area contributed by atoms with Crippen LogP contribution in [0.3, 0.4) is 0 Å². The number of hydrogen-bond donors (Lipinski definition) is 2. The zero-order valence-corrected chi connectivity index (χ0v) is 18.9. The monoisotopic (exact) mass is 426 g/mol. The predicted molar refractivity (Wildman–Crippen MR) is 124 cm³/mol. The van der Waals surface area contributed by atoms with Gasteiger partial charge in [-0.25, -0.2) is 0 Å². The second-order valence-corrected chi connectivity index (χ2v) is 9.31. The lowest BCUT2D eigenvalue weighted by Gasteiger charge is -2.21. The van der Waals surface area contributed by atoms with Gasteiger partial charge in [0.05, 0.1) is 6.10 Å². The van der Waals surface area contributed by atoms with Crippen molar-refractivity contribution in [3.8, 4) is 5.75 Å². The third-order valence-electron chi connectivity index (χ3n) is 7.00. The van der Waals surface area contributed by atoms with Crippen LogP contribution in [0.25, 0.3) is 0 Å². The number of carbonyl (C=O) groups is 1. The summed E-state index contributed by atoms with van der Waals surface area (Å²) in [6.07, 6.45) is 11.8. The Morgan fingerprint density at radius 1 is 1.06 bits per heavy atom. The topological polar surface area (TPSA) is 66.0 Å². The van der Waals surface area contributed by atoms with Gasteiger partial charge in [0, 0.05) is 38.6 Å². The van der Waals surface area contributed by atoms with Crippen LogP contribution >= 0.6 is 0 Å². The van der Waals surface area contributed by atoms with E-state index in [1.807, 2.05) is 0 Å². The van der Waals surface area contributed by atoms with Crippen LogP contribution < -0.4 is 15.4 Å². The summed E-state index contributed by atoms with van der Waals surface area (Å²) in [6, 6.07) is 8.78. The molecule has 6 nitrogen and oxygen atoms in total. The number of likely N-dealkylation sites (tertiary alicyclic amines) is 1. The molecule has 1 aliphatic heterocycles. The van der Waals surface area contributed by atoms with Gasteiger partial charge in [-0.05, 0) is 69.1 Å². The zero-order chi connectivity index (χ0) is 21.5. The van der Waals surface area contributed by atoms with Crippen molar-refractivity contribution in [2.45, 2.75) is 76.4 Å². The number of carbonyl (C=O) groups excluding carboxylic acids is 1. The van der Waals surface area contributed by atoms with Gasteiger partial charge in [0.1, 0.15) is 5.75 Å². The Labute approximate surface area is 186 Å². The van der Waals surface area contributed by atoms with E-state index in [2.05, 4.69) is 44.8 Å². The Bertz CT molecular complexity index is 736. The molecular formula is C25H38N4O2. The van der Waals surface area contributed by atoms with Gasteiger partial charge in [-0.1, -0.05) is 25.0 Å². The SMILES string of the molecule is CN=C(NCCc1ccc(OC2CCCC2)cc1)NC1CCN(C(=O)C2CCCC2)C1. The van der Waals surface area contributed by atoms with Crippen molar-refractivity contribution in [2.75, 3.05) is 26.7 Å². The molecular weight excluding hydrogens is 388 g/mol. The minimum Gasteiger partial charge on any atom is -0.490 e. The molecule has 6 heteroatoms. The van der Waals surface area contributed by atoms with Crippen LogP contribution in [-0.2, 0) is 11.2 Å². The summed E-state index contributed by atoms with van der Waals surface area (Å²) in [7, 11) is 1.81. The zero-order valence-electron chi connectivity index (χ0n) is 18.9. The summed E-state index contributed by atoms with van der Waals surface area (Å²) in [5.41, 5.74) is 1.29. The van der Waals surface area contributed by atoms with Crippen molar-refractivity contribution in [1.29, 1.82) is 0 Å². The van der Waals surface area contributed by atoms with Gasteiger partial charge in [-0.15, -0.1) is 0 Å². The smallest absolute Gasteiger partial charge is 0.225 e. The Hall–Kier alpha value is -2.24. The highest BCUT2D eigenvalue weighted by molar-refractivity contribution is 5.81. The van der Waals surface area contributed by atoms with Gasteiger partial charge in [0.25, 0.3) is 0 Å². The quantitative estimate of drug-likeness (QED) is 0.517. The van der Waals surface area contributed by atoms with Crippen LogP contribution in [0.2, 0.25) is 0 Å². The number of aliphatic imine (C=N–C) groups is 1. The second kappa shape index (κ2) is 10.9. The third-order valence-corrected chi connectivity index (χ3v) is 7.00. The minimum absolute atomic E-state index is 0.270. The molecule has 170 valence electrons. The molecule has 1 saturated heterocycles. The first-order valence-electron chi connectivity index (χ1n) is 12.2. The average molecular weight is 427 g/mol. The Balaban J connectivity index is 1.16. The fraction of sp³-hybridized carbons (Fsp3) is 0.680. The molecule has 3 aliphatic rings. The number of rotatable bonds is 7. The number of hydrogen-bond acceptors (Lipinski definition) is 3. The number of amides is 1. The van der Waals surface area contributed by atoms with Gasteiger partial charge in [-0.2, -0.15) is 0 Å². The van der Waals surface area contributed by atoms with E-state index < -0.39 is 0 Å². The highest BCUT2D eigenvalue weighted by atomic mass is 16.5. The maximum Gasteiger partial charge on any atom is 0.225 e. The molecule has 2 saturated carbocycles. The number of ether oxygens (including phenoxy) is 1. The highest BCUT2D eigenvalue weighted by Gasteiger charge is 2.32. The molecule has 1 amide bonds. The van der Waals surface area contributed by atoms with Crippen LogP contribution in [0.1, 0.15) is 63.4 Å². The van der Waals surface area contributed by atoms with Crippen molar-refractivity contribution < 1.29 is 9.53 Å². The summed E-state index contributed by atoms with van der Waals surface area (Å²) >= 11 is 0. The minimum atomic E-state index is 0.270. The van der Waals surface area contributed by atoms with Crippen LogP contribution in [0, 0.1) is 5.92 Å². The Morgan fingerprint density at radius 3 is 2.48 bits per heavy atom. The van der Waals surface area contributed by atoms with E-state index in [0.717, 1.165) is 57.0 Å². The normalized spacial score (nSPS) is 22.8. The molecule has 1 aromatic carbocycles. The van der Waals surface area contributed by atoms with E-state index in [4.69, 9.17) is 4.74 Å². The van der Waals surface area contributed by atoms with Crippen molar-refractivity contribution in [1.82, 2.24) is 15.5 Å². The fourth-order valence-corrected chi connectivity index (χ4v) is 5.16. The first-order valence-corrected chi connectivity index (χ1v) is 12.2. The molecule has 3 fully saturated rings. The molecule has 0 radical (unpaired) electrons. The van der Waals surface area contributed by atoms with E-state index >= 15 is 0 Å². The van der Waals surface area contributed by atoms with Gasteiger partial charge in [-0.3, -0.25) is 9.79 Å². The largest absolute Gasteiger partial charge is 0.490 e. The molecule has 2 N–H and O–H groups in total.